The Labute approximate surface area is 188 Å². The molecule has 0 atom stereocenters. The lowest BCUT2D eigenvalue weighted by Gasteiger charge is -2.32. The second-order valence-electron chi connectivity index (χ2n) is 7.35. The number of anilines is 3. The van der Waals surface area contributed by atoms with E-state index in [1.807, 2.05) is 32.9 Å². The summed E-state index contributed by atoms with van der Waals surface area (Å²) in [5.41, 5.74) is 3.86. The molecule has 3 aromatic rings. The smallest absolute Gasteiger partial charge is 0.229 e. The van der Waals surface area contributed by atoms with Gasteiger partial charge in [0.2, 0.25) is 5.95 Å². The number of nitrogens with zero attached hydrogens (tertiary/aromatic N) is 5. The molecule has 3 heterocycles. The first-order valence-corrected chi connectivity index (χ1v) is 10.3. The third-order valence-corrected chi connectivity index (χ3v) is 5.16. The first kappa shape index (κ1) is 21.3. The SMILES string of the molecule is C=C/C=C(\C(C)=C/C)N1CCOc2cnc(Nc3ccc(-n4cnc(C)c4)c(F)c3)nc21.[HH]. The first-order valence-electron chi connectivity index (χ1n) is 10.3. The van der Waals surface area contributed by atoms with Crippen molar-refractivity contribution < 1.29 is 10.6 Å². The minimum Gasteiger partial charge on any atom is -0.486 e. The highest BCUT2D eigenvalue weighted by atomic mass is 19.1. The maximum atomic E-state index is 14.7. The van der Waals surface area contributed by atoms with E-state index < -0.39 is 0 Å². The summed E-state index contributed by atoms with van der Waals surface area (Å²) in [6.07, 6.45) is 10.7. The van der Waals surface area contributed by atoms with E-state index >= 15 is 0 Å². The van der Waals surface area contributed by atoms with E-state index in [1.54, 1.807) is 41.5 Å². The summed E-state index contributed by atoms with van der Waals surface area (Å²) in [5, 5.41) is 3.09. The Bertz CT molecular complexity index is 1220. The van der Waals surface area contributed by atoms with E-state index in [-0.39, 0.29) is 7.24 Å². The molecule has 0 fully saturated rings. The standard InChI is InChI=1S/C24H25FN6O.H2/c1-5-7-20(16(3)6-2)31-10-11-32-22-13-26-24(29-23(22)31)28-18-8-9-21(19(25)12-18)30-14-17(4)27-15-30;/h5-9,12-15H,1,10-11H2,2-4H3,(H,26,28,29);1H/b16-6-,20-7+;. The van der Waals surface area contributed by atoms with Crippen LogP contribution in [0.4, 0.5) is 21.8 Å². The fourth-order valence-electron chi connectivity index (χ4n) is 3.47. The Morgan fingerprint density at radius 2 is 2.19 bits per heavy atom. The van der Waals surface area contributed by atoms with E-state index in [9.17, 15) is 4.39 Å². The van der Waals surface area contributed by atoms with Gasteiger partial charge in [-0.15, -0.1) is 0 Å². The Morgan fingerprint density at radius 1 is 1.34 bits per heavy atom. The van der Waals surface area contributed by atoms with Crippen LogP contribution in [-0.2, 0) is 0 Å². The van der Waals surface area contributed by atoms with Crippen LogP contribution in [0.1, 0.15) is 21.0 Å². The van der Waals surface area contributed by atoms with Gasteiger partial charge in [-0.2, -0.15) is 4.98 Å². The quantitative estimate of drug-likeness (QED) is 0.529. The van der Waals surface area contributed by atoms with Crippen LogP contribution in [-0.4, -0.2) is 32.7 Å². The summed E-state index contributed by atoms with van der Waals surface area (Å²) in [6, 6.07) is 4.87. The summed E-state index contributed by atoms with van der Waals surface area (Å²) in [5.74, 6) is 1.21. The minimum absolute atomic E-state index is 0. The number of nitrogens with one attached hydrogen (secondary N) is 1. The first-order chi connectivity index (χ1) is 15.5. The lowest BCUT2D eigenvalue weighted by atomic mass is 10.1. The molecule has 166 valence electrons. The molecular weight excluding hydrogens is 407 g/mol. The zero-order valence-corrected chi connectivity index (χ0v) is 18.3. The van der Waals surface area contributed by atoms with Gasteiger partial charge in [0.1, 0.15) is 12.4 Å². The number of aromatic nitrogens is 4. The average molecular weight is 435 g/mol. The van der Waals surface area contributed by atoms with Gasteiger partial charge in [-0.05, 0) is 50.6 Å². The molecule has 1 aromatic carbocycles. The fraction of sp³-hybridized carbons (Fsp3) is 0.208. The van der Waals surface area contributed by atoms with E-state index in [4.69, 9.17) is 4.74 Å². The van der Waals surface area contributed by atoms with Gasteiger partial charge >= 0.3 is 0 Å². The van der Waals surface area contributed by atoms with Gasteiger partial charge in [0.25, 0.3) is 0 Å². The lowest BCUT2D eigenvalue weighted by molar-refractivity contribution is 0.308. The van der Waals surface area contributed by atoms with Crippen LogP contribution in [0.3, 0.4) is 0 Å². The van der Waals surface area contributed by atoms with Crippen molar-refractivity contribution >= 4 is 17.5 Å². The number of fused-ring (bicyclic) bond motifs is 1. The van der Waals surface area contributed by atoms with E-state index in [1.165, 1.54) is 6.07 Å². The van der Waals surface area contributed by atoms with Gasteiger partial charge in [0.15, 0.2) is 11.6 Å². The summed E-state index contributed by atoms with van der Waals surface area (Å²) in [4.78, 5) is 15.2. The highest BCUT2D eigenvalue weighted by molar-refractivity contribution is 5.65. The molecule has 0 bridgehead atoms. The Kier molecular flexibility index (Phi) is 6.02. The topological polar surface area (TPSA) is 68.1 Å². The molecule has 0 saturated carbocycles. The van der Waals surface area contributed by atoms with Crippen molar-refractivity contribution in [1.29, 1.82) is 0 Å². The summed E-state index contributed by atoms with van der Waals surface area (Å²) < 4.78 is 22.1. The number of imidazole rings is 1. The number of aryl methyl sites for hydroxylation is 1. The van der Waals surface area contributed by atoms with Crippen molar-refractivity contribution in [3.63, 3.8) is 0 Å². The molecule has 0 spiro atoms. The molecule has 0 aliphatic carbocycles. The fourth-order valence-corrected chi connectivity index (χ4v) is 3.47. The summed E-state index contributed by atoms with van der Waals surface area (Å²) in [7, 11) is 0. The largest absolute Gasteiger partial charge is 0.486 e. The van der Waals surface area contributed by atoms with Crippen LogP contribution < -0.4 is 15.0 Å². The molecule has 1 aliphatic heterocycles. The van der Waals surface area contributed by atoms with Crippen molar-refractivity contribution in [1.82, 2.24) is 19.5 Å². The molecular formula is C24H27FN6O. The predicted octanol–water partition coefficient (Wildman–Crippen LogP) is 5.33. The second kappa shape index (κ2) is 9.05. The number of ether oxygens (including phenoxy) is 1. The third-order valence-electron chi connectivity index (χ3n) is 5.16. The van der Waals surface area contributed by atoms with Crippen LogP contribution >= 0.6 is 0 Å². The van der Waals surface area contributed by atoms with Crippen LogP contribution in [0, 0.1) is 12.7 Å². The minimum atomic E-state index is -0.379. The summed E-state index contributed by atoms with van der Waals surface area (Å²) in [6.45, 7) is 10.9. The molecule has 8 heteroatoms. The number of halogens is 1. The molecule has 2 aromatic heterocycles. The third kappa shape index (κ3) is 4.25. The normalized spacial score (nSPS) is 14.1. The molecule has 7 nitrogen and oxygen atoms in total. The molecule has 0 unspecified atom stereocenters. The van der Waals surface area contributed by atoms with Crippen LogP contribution in [0.15, 0.2) is 73.0 Å². The maximum Gasteiger partial charge on any atom is 0.229 e. The average Bonchev–Trinajstić information content (AvgIpc) is 3.22. The number of hydrogen-bond acceptors (Lipinski definition) is 6. The molecule has 0 saturated heterocycles. The molecule has 0 radical (unpaired) electrons. The van der Waals surface area contributed by atoms with Gasteiger partial charge in [0, 0.05) is 19.0 Å². The van der Waals surface area contributed by atoms with E-state index in [2.05, 4.69) is 31.7 Å². The molecule has 1 N–H and O–H groups in total. The zero-order chi connectivity index (χ0) is 22.7. The van der Waals surface area contributed by atoms with Gasteiger partial charge in [-0.1, -0.05) is 18.7 Å². The van der Waals surface area contributed by atoms with Gasteiger partial charge < -0.3 is 19.5 Å². The van der Waals surface area contributed by atoms with Crippen LogP contribution in [0.5, 0.6) is 5.75 Å². The van der Waals surface area contributed by atoms with E-state index in [0.717, 1.165) is 17.0 Å². The van der Waals surface area contributed by atoms with Crippen LogP contribution in [0.2, 0.25) is 0 Å². The zero-order valence-electron chi connectivity index (χ0n) is 18.3. The van der Waals surface area contributed by atoms with Gasteiger partial charge in [-0.25, -0.2) is 14.4 Å². The maximum absolute atomic E-state index is 14.7. The number of allylic oxidation sites excluding steroid dienone is 4. The lowest BCUT2D eigenvalue weighted by Crippen LogP contribution is -2.33. The van der Waals surface area contributed by atoms with E-state index in [0.29, 0.717) is 42.0 Å². The highest BCUT2D eigenvalue weighted by Gasteiger charge is 2.24. The van der Waals surface area contributed by atoms with Crippen molar-refractivity contribution in [2.24, 2.45) is 0 Å². The highest BCUT2D eigenvalue weighted by Crippen LogP contribution is 2.34. The Morgan fingerprint density at radius 3 is 2.88 bits per heavy atom. The number of rotatable bonds is 6. The van der Waals surface area contributed by atoms with Crippen LogP contribution in [0.25, 0.3) is 5.69 Å². The van der Waals surface area contributed by atoms with Crippen molar-refractivity contribution in [2.45, 2.75) is 20.8 Å². The molecule has 1 aliphatic rings. The number of hydrogen-bond donors (Lipinski definition) is 1. The molecule has 0 amide bonds. The van der Waals surface area contributed by atoms with Gasteiger partial charge in [-0.3, -0.25) is 0 Å². The second-order valence-corrected chi connectivity index (χ2v) is 7.35. The Balaban J connectivity index is 0.00000306. The van der Waals surface area contributed by atoms with Crippen molar-refractivity contribution in [3.05, 3.63) is 84.5 Å². The molecule has 4 rings (SSSR count). The van der Waals surface area contributed by atoms with Crippen molar-refractivity contribution in [2.75, 3.05) is 23.4 Å². The van der Waals surface area contributed by atoms with Crippen molar-refractivity contribution in [3.8, 4) is 11.4 Å². The van der Waals surface area contributed by atoms with Gasteiger partial charge in [0.05, 0.1) is 30.5 Å². The summed E-state index contributed by atoms with van der Waals surface area (Å²) >= 11 is 0. The number of benzene rings is 1. The monoisotopic (exact) mass is 434 g/mol. The molecule has 32 heavy (non-hydrogen) atoms. The predicted molar refractivity (Wildman–Crippen MR) is 126 cm³/mol. The Hall–Kier alpha value is -3.94.